The van der Waals surface area contributed by atoms with Gasteiger partial charge >= 0.3 is 0 Å². The molecule has 1 heteroatoms. The van der Waals surface area contributed by atoms with Crippen molar-refractivity contribution in [2.45, 2.75) is 65.7 Å². The lowest BCUT2D eigenvalue weighted by atomic mass is 9.87. The molecule has 1 rings (SSSR count). The molecule has 1 aliphatic carbocycles. The molecule has 19 heavy (non-hydrogen) atoms. The number of hydrogen-bond donors (Lipinski definition) is 0. The number of hydrogen-bond acceptors (Lipinski definition) is 1. The molecule has 0 heterocycles. The molecule has 1 nitrogen and oxygen atoms in total. The molecule has 1 fully saturated rings. The van der Waals surface area contributed by atoms with Crippen molar-refractivity contribution in [1.82, 2.24) is 4.90 Å². The molecule has 0 aromatic carbocycles. The highest BCUT2D eigenvalue weighted by atomic mass is 15.1. The summed E-state index contributed by atoms with van der Waals surface area (Å²) in [6, 6.07) is 0. The SMILES string of the molecule is C/C=C(/C=CCC(C)C)N(C)CCC1CCCCC1. The van der Waals surface area contributed by atoms with E-state index in [2.05, 4.69) is 50.9 Å². The van der Waals surface area contributed by atoms with Gasteiger partial charge in [0.2, 0.25) is 0 Å². The minimum atomic E-state index is 0.752. The Hall–Kier alpha value is -0.720. The summed E-state index contributed by atoms with van der Waals surface area (Å²) in [5.74, 6) is 1.73. The van der Waals surface area contributed by atoms with E-state index in [9.17, 15) is 0 Å². The van der Waals surface area contributed by atoms with E-state index in [1.54, 1.807) is 0 Å². The minimum Gasteiger partial charge on any atom is -0.375 e. The van der Waals surface area contributed by atoms with Crippen LogP contribution < -0.4 is 0 Å². The first kappa shape index (κ1) is 16.3. The fourth-order valence-corrected chi connectivity index (χ4v) is 2.89. The minimum absolute atomic E-state index is 0.752. The number of allylic oxidation sites excluding steroid dienone is 3. The zero-order valence-corrected chi connectivity index (χ0v) is 13.5. The summed E-state index contributed by atoms with van der Waals surface area (Å²) < 4.78 is 0. The van der Waals surface area contributed by atoms with Crippen LogP contribution in [0.15, 0.2) is 23.9 Å². The average Bonchev–Trinajstić information content (AvgIpc) is 2.42. The third-order valence-electron chi connectivity index (χ3n) is 4.23. The first-order chi connectivity index (χ1) is 9.13. The molecule has 1 saturated carbocycles. The van der Waals surface area contributed by atoms with Crippen LogP contribution in [0.2, 0.25) is 0 Å². The predicted molar refractivity (Wildman–Crippen MR) is 86.2 cm³/mol. The maximum Gasteiger partial charge on any atom is 0.0317 e. The van der Waals surface area contributed by atoms with Crippen LogP contribution in [0, 0.1) is 11.8 Å². The van der Waals surface area contributed by atoms with Crippen LogP contribution in [-0.4, -0.2) is 18.5 Å². The Bertz CT molecular complexity index is 282. The summed E-state index contributed by atoms with van der Waals surface area (Å²) in [7, 11) is 2.23. The van der Waals surface area contributed by atoms with E-state index in [1.165, 1.54) is 57.2 Å². The van der Waals surface area contributed by atoms with Crippen molar-refractivity contribution < 1.29 is 0 Å². The van der Waals surface area contributed by atoms with Gasteiger partial charge in [-0.3, -0.25) is 0 Å². The Morgan fingerprint density at radius 1 is 1.21 bits per heavy atom. The van der Waals surface area contributed by atoms with Crippen molar-refractivity contribution in [2.75, 3.05) is 13.6 Å². The molecule has 0 N–H and O–H groups in total. The van der Waals surface area contributed by atoms with Gasteiger partial charge in [0.15, 0.2) is 0 Å². The quantitative estimate of drug-likeness (QED) is 0.556. The molecule has 0 atom stereocenters. The molecule has 0 saturated heterocycles. The molecule has 0 spiro atoms. The van der Waals surface area contributed by atoms with Gasteiger partial charge in [-0.1, -0.05) is 58.1 Å². The van der Waals surface area contributed by atoms with Crippen molar-refractivity contribution in [3.8, 4) is 0 Å². The van der Waals surface area contributed by atoms with E-state index in [4.69, 9.17) is 0 Å². The molecule has 110 valence electrons. The Labute approximate surface area is 120 Å². The lowest BCUT2D eigenvalue weighted by molar-refractivity contribution is 0.297. The van der Waals surface area contributed by atoms with Crippen LogP contribution in [0.1, 0.15) is 65.7 Å². The molecule has 0 aliphatic heterocycles. The molecule has 0 amide bonds. The molecular formula is C18H33N. The summed E-state index contributed by atoms with van der Waals surface area (Å²) in [5, 5.41) is 0. The van der Waals surface area contributed by atoms with Gasteiger partial charge in [0.25, 0.3) is 0 Å². The highest BCUT2D eigenvalue weighted by molar-refractivity contribution is 5.16. The highest BCUT2D eigenvalue weighted by Crippen LogP contribution is 2.26. The summed E-state index contributed by atoms with van der Waals surface area (Å²) >= 11 is 0. The molecule has 0 unspecified atom stereocenters. The molecule has 1 aliphatic rings. The largest absolute Gasteiger partial charge is 0.375 e. The summed E-state index contributed by atoms with van der Waals surface area (Å²) in [5.41, 5.74) is 1.37. The van der Waals surface area contributed by atoms with Crippen molar-refractivity contribution in [2.24, 2.45) is 11.8 Å². The van der Waals surface area contributed by atoms with E-state index in [1.807, 2.05) is 0 Å². The van der Waals surface area contributed by atoms with Gasteiger partial charge in [-0.25, -0.2) is 0 Å². The van der Waals surface area contributed by atoms with Gasteiger partial charge < -0.3 is 4.90 Å². The lowest BCUT2D eigenvalue weighted by Crippen LogP contribution is -2.21. The van der Waals surface area contributed by atoms with Crippen LogP contribution in [0.25, 0.3) is 0 Å². The molecule has 0 radical (unpaired) electrons. The van der Waals surface area contributed by atoms with Crippen LogP contribution in [0.5, 0.6) is 0 Å². The predicted octanol–water partition coefficient (Wildman–Crippen LogP) is 5.39. The zero-order valence-electron chi connectivity index (χ0n) is 13.5. The Balaban J connectivity index is 2.32. The van der Waals surface area contributed by atoms with E-state index in [0.717, 1.165) is 11.8 Å². The first-order valence-corrected chi connectivity index (χ1v) is 8.17. The topological polar surface area (TPSA) is 3.24 Å². The maximum absolute atomic E-state index is 2.42. The fraction of sp³-hybridized carbons (Fsp3) is 0.778. The standard InChI is InChI=1S/C18H33N/c1-5-18(13-9-10-16(2)3)19(4)15-14-17-11-7-6-8-12-17/h5,9,13,16-17H,6-8,10-12,14-15H2,1-4H3/b13-9?,18-5-. The monoisotopic (exact) mass is 263 g/mol. The smallest absolute Gasteiger partial charge is 0.0317 e. The van der Waals surface area contributed by atoms with Crippen LogP contribution in [-0.2, 0) is 0 Å². The summed E-state index contributed by atoms with van der Waals surface area (Å²) in [6.07, 6.45) is 16.7. The molecule has 0 aromatic heterocycles. The van der Waals surface area contributed by atoms with E-state index < -0.39 is 0 Å². The second kappa shape index (κ2) is 9.23. The van der Waals surface area contributed by atoms with Crippen molar-refractivity contribution in [3.05, 3.63) is 23.9 Å². The van der Waals surface area contributed by atoms with Gasteiger partial charge in [0.1, 0.15) is 0 Å². The van der Waals surface area contributed by atoms with Gasteiger partial charge in [-0.05, 0) is 37.7 Å². The van der Waals surface area contributed by atoms with Crippen LogP contribution >= 0.6 is 0 Å². The number of rotatable bonds is 7. The van der Waals surface area contributed by atoms with E-state index >= 15 is 0 Å². The molecule has 0 bridgehead atoms. The average molecular weight is 263 g/mol. The van der Waals surface area contributed by atoms with Gasteiger partial charge in [0.05, 0.1) is 0 Å². The summed E-state index contributed by atoms with van der Waals surface area (Å²) in [4.78, 5) is 2.42. The second-order valence-corrected chi connectivity index (χ2v) is 6.46. The third-order valence-corrected chi connectivity index (χ3v) is 4.23. The molecule has 0 aromatic rings. The van der Waals surface area contributed by atoms with Gasteiger partial charge in [-0.2, -0.15) is 0 Å². The third kappa shape index (κ3) is 6.84. The summed E-state index contributed by atoms with van der Waals surface area (Å²) in [6.45, 7) is 7.89. The second-order valence-electron chi connectivity index (χ2n) is 6.46. The Morgan fingerprint density at radius 3 is 2.47 bits per heavy atom. The zero-order chi connectivity index (χ0) is 14.1. The van der Waals surface area contributed by atoms with Crippen molar-refractivity contribution in [3.63, 3.8) is 0 Å². The van der Waals surface area contributed by atoms with Crippen molar-refractivity contribution >= 4 is 0 Å². The normalized spacial score (nSPS) is 18.5. The van der Waals surface area contributed by atoms with Crippen molar-refractivity contribution in [1.29, 1.82) is 0 Å². The van der Waals surface area contributed by atoms with Gasteiger partial charge in [-0.15, -0.1) is 0 Å². The van der Waals surface area contributed by atoms with Gasteiger partial charge in [0, 0.05) is 19.3 Å². The fourth-order valence-electron chi connectivity index (χ4n) is 2.89. The number of likely N-dealkylation sites (N-methyl/N-ethyl adjacent to an activating group) is 1. The first-order valence-electron chi connectivity index (χ1n) is 8.17. The van der Waals surface area contributed by atoms with E-state index in [0.29, 0.717) is 0 Å². The number of nitrogens with zero attached hydrogens (tertiary/aromatic N) is 1. The van der Waals surface area contributed by atoms with Crippen LogP contribution in [0.4, 0.5) is 0 Å². The Kier molecular flexibility index (Phi) is 7.93. The van der Waals surface area contributed by atoms with E-state index in [-0.39, 0.29) is 0 Å². The maximum atomic E-state index is 2.42. The highest BCUT2D eigenvalue weighted by Gasteiger charge is 2.13. The lowest BCUT2D eigenvalue weighted by Gasteiger charge is -2.26. The Morgan fingerprint density at radius 2 is 1.89 bits per heavy atom. The molecular weight excluding hydrogens is 230 g/mol. The van der Waals surface area contributed by atoms with Crippen LogP contribution in [0.3, 0.4) is 0 Å².